The van der Waals surface area contributed by atoms with Gasteiger partial charge in [-0.3, -0.25) is 4.79 Å². The molecule has 0 aliphatic heterocycles. The first-order valence-corrected chi connectivity index (χ1v) is 13.5. The molecular formula is C25H19F8N3O4S. The highest BCUT2D eigenvalue weighted by Crippen LogP contribution is 2.55. The van der Waals surface area contributed by atoms with Crippen molar-refractivity contribution in [2.45, 2.75) is 48.8 Å². The van der Waals surface area contributed by atoms with Crippen LogP contribution in [0.4, 0.5) is 40.8 Å². The molecule has 1 fully saturated rings. The zero-order valence-electron chi connectivity index (χ0n) is 21.0. The molecule has 3 aromatic rings. The summed E-state index contributed by atoms with van der Waals surface area (Å²) in [6.45, 7) is 0.829. The van der Waals surface area contributed by atoms with Gasteiger partial charge in [-0.25, -0.2) is 12.8 Å². The molecule has 0 radical (unpaired) electrons. The number of sulfone groups is 1. The summed E-state index contributed by atoms with van der Waals surface area (Å²) in [4.78, 5) is 12.9. The van der Waals surface area contributed by atoms with Crippen LogP contribution >= 0.6 is 0 Å². The number of nitrogens with zero attached hydrogens (tertiary/aromatic N) is 2. The van der Waals surface area contributed by atoms with Crippen molar-refractivity contribution in [3.8, 4) is 11.6 Å². The molecule has 4 rings (SSSR count). The molecule has 41 heavy (non-hydrogen) atoms. The van der Waals surface area contributed by atoms with Gasteiger partial charge in [-0.05, 0) is 49.6 Å². The van der Waals surface area contributed by atoms with Crippen LogP contribution in [0.3, 0.4) is 0 Å². The number of alkyl halides is 6. The Kier molecular flexibility index (Phi) is 7.52. The highest BCUT2D eigenvalue weighted by atomic mass is 32.2. The fraction of sp³-hybridized carbons (Fsp3) is 0.320. The van der Waals surface area contributed by atoms with Crippen LogP contribution in [-0.4, -0.2) is 37.0 Å². The van der Waals surface area contributed by atoms with Gasteiger partial charge < -0.3 is 10.1 Å². The molecule has 1 aromatic heterocycles. The normalized spacial score (nSPS) is 15.3. The fourth-order valence-electron chi connectivity index (χ4n) is 4.43. The lowest BCUT2D eigenvalue weighted by Crippen LogP contribution is -2.48. The number of hydrogen-bond acceptors (Lipinski definition) is 6. The largest absolute Gasteiger partial charge is 0.435 e. The number of amides is 1. The molecule has 0 atom stereocenters. The zero-order valence-corrected chi connectivity index (χ0v) is 21.9. The maximum Gasteiger partial charge on any atom is 0.435 e. The summed E-state index contributed by atoms with van der Waals surface area (Å²) < 4.78 is 140. The average molecular weight is 609 g/mol. The molecule has 0 spiro atoms. The Morgan fingerprint density at radius 2 is 1.66 bits per heavy atom. The van der Waals surface area contributed by atoms with Crippen molar-refractivity contribution in [3.05, 3.63) is 70.4 Å². The Labute approximate surface area is 227 Å². The van der Waals surface area contributed by atoms with E-state index in [2.05, 4.69) is 15.5 Å². The minimum atomic E-state index is -5.10. The fourth-order valence-corrected chi connectivity index (χ4v) is 5.09. The number of carbonyl (C=O) groups excluding carboxylic acids is 1. The van der Waals surface area contributed by atoms with Crippen LogP contribution in [0.1, 0.15) is 46.4 Å². The van der Waals surface area contributed by atoms with Gasteiger partial charge in [0, 0.05) is 17.5 Å². The van der Waals surface area contributed by atoms with E-state index in [1.807, 2.05) is 0 Å². The lowest BCUT2D eigenvalue weighted by Gasteiger charge is -2.43. The van der Waals surface area contributed by atoms with E-state index in [-0.39, 0.29) is 17.0 Å². The first-order chi connectivity index (χ1) is 18.9. The van der Waals surface area contributed by atoms with Crippen molar-refractivity contribution in [1.82, 2.24) is 10.2 Å². The van der Waals surface area contributed by atoms with Crippen molar-refractivity contribution in [3.63, 3.8) is 0 Å². The van der Waals surface area contributed by atoms with Crippen molar-refractivity contribution >= 4 is 21.4 Å². The Hall–Kier alpha value is -3.82. The SMILES string of the molecule is Cc1c(C(F)(F)F)nnc(Oc2ccc(C3(C(F)(F)F)CCC3)c(F)c2F)c1C(=O)Nc1cccc(S(C)(=O)=O)c1. The van der Waals surface area contributed by atoms with Crippen LogP contribution in [0.15, 0.2) is 41.3 Å². The van der Waals surface area contributed by atoms with Crippen LogP contribution < -0.4 is 10.1 Å². The van der Waals surface area contributed by atoms with Gasteiger partial charge in [-0.2, -0.15) is 30.7 Å². The van der Waals surface area contributed by atoms with Gasteiger partial charge in [-0.15, -0.1) is 10.2 Å². The Balaban J connectivity index is 1.77. The van der Waals surface area contributed by atoms with Crippen molar-refractivity contribution in [2.75, 3.05) is 11.6 Å². The molecule has 16 heteroatoms. The number of anilines is 1. The van der Waals surface area contributed by atoms with Crippen molar-refractivity contribution in [2.24, 2.45) is 0 Å². The molecule has 1 amide bonds. The lowest BCUT2D eigenvalue weighted by atomic mass is 9.63. The predicted octanol–water partition coefficient (Wildman–Crippen LogP) is 6.51. The number of benzene rings is 2. The molecule has 0 unspecified atom stereocenters. The topological polar surface area (TPSA) is 98.2 Å². The monoisotopic (exact) mass is 609 g/mol. The van der Waals surface area contributed by atoms with Crippen LogP contribution in [0.5, 0.6) is 11.6 Å². The molecule has 7 nitrogen and oxygen atoms in total. The van der Waals surface area contributed by atoms with Gasteiger partial charge in [0.2, 0.25) is 5.82 Å². The van der Waals surface area contributed by atoms with Gasteiger partial charge in [0.05, 0.1) is 10.3 Å². The summed E-state index contributed by atoms with van der Waals surface area (Å²) in [5, 5.41) is 8.38. The van der Waals surface area contributed by atoms with Gasteiger partial charge in [0.1, 0.15) is 5.56 Å². The summed E-state index contributed by atoms with van der Waals surface area (Å²) in [6, 6.07) is 6.00. The lowest BCUT2D eigenvalue weighted by molar-refractivity contribution is -0.213. The third-order valence-corrected chi connectivity index (χ3v) is 7.83. The summed E-state index contributed by atoms with van der Waals surface area (Å²) >= 11 is 0. The van der Waals surface area contributed by atoms with Crippen LogP contribution in [0.25, 0.3) is 0 Å². The quantitative estimate of drug-likeness (QED) is 0.320. The Morgan fingerprint density at radius 1 is 1.00 bits per heavy atom. The minimum absolute atomic E-state index is 0.130. The third-order valence-electron chi connectivity index (χ3n) is 6.72. The molecule has 1 aliphatic rings. The number of aromatic nitrogens is 2. The predicted molar refractivity (Wildman–Crippen MR) is 127 cm³/mol. The summed E-state index contributed by atoms with van der Waals surface area (Å²) in [5.41, 5.74) is -7.09. The van der Waals surface area contributed by atoms with E-state index in [0.29, 0.717) is 12.1 Å². The number of hydrogen-bond donors (Lipinski definition) is 1. The Bertz CT molecular complexity index is 1630. The number of halogens is 8. The third kappa shape index (κ3) is 5.56. The van der Waals surface area contributed by atoms with Gasteiger partial charge in [0.25, 0.3) is 11.8 Å². The van der Waals surface area contributed by atoms with E-state index in [0.717, 1.165) is 19.2 Å². The van der Waals surface area contributed by atoms with Gasteiger partial charge in [0.15, 0.2) is 27.1 Å². The standard InChI is InChI=1S/C25H19F8N3O4S/c1-12-17(21(37)34-13-5-3-6-14(11-13)41(2,38)39)22(36-35-20(12)24(28,29)30)40-16-8-7-15(18(26)19(16)27)23(9-4-10-23)25(31,32)33/h3,5-8,11H,4,9-10H2,1-2H3,(H,34,37). The molecule has 220 valence electrons. The molecular weight excluding hydrogens is 590 g/mol. The summed E-state index contributed by atoms with van der Waals surface area (Å²) in [6.07, 6.45) is -9.91. The van der Waals surface area contributed by atoms with E-state index in [4.69, 9.17) is 4.74 Å². The maximum atomic E-state index is 15.0. The molecule has 1 heterocycles. The molecule has 1 aliphatic carbocycles. The van der Waals surface area contributed by atoms with Gasteiger partial charge in [-0.1, -0.05) is 18.6 Å². The highest BCUT2D eigenvalue weighted by molar-refractivity contribution is 7.90. The summed E-state index contributed by atoms with van der Waals surface area (Å²) in [5.74, 6) is -7.16. The van der Waals surface area contributed by atoms with Gasteiger partial charge >= 0.3 is 12.4 Å². The van der Waals surface area contributed by atoms with Crippen molar-refractivity contribution < 1.29 is 53.1 Å². The first kappa shape index (κ1) is 30.1. The maximum absolute atomic E-state index is 15.0. The molecule has 1 N–H and O–H groups in total. The van der Waals surface area contributed by atoms with Crippen LogP contribution in [0.2, 0.25) is 0 Å². The first-order valence-electron chi connectivity index (χ1n) is 11.7. The number of rotatable bonds is 6. The molecule has 0 saturated heterocycles. The van der Waals surface area contributed by atoms with E-state index in [1.54, 1.807) is 0 Å². The second kappa shape index (κ2) is 10.2. The van der Waals surface area contributed by atoms with E-state index < -0.39 is 92.0 Å². The molecule has 0 bridgehead atoms. The number of ether oxygens (including phenoxy) is 1. The second-order valence-electron chi connectivity index (χ2n) is 9.38. The average Bonchev–Trinajstić information content (AvgIpc) is 2.80. The summed E-state index contributed by atoms with van der Waals surface area (Å²) in [7, 11) is -3.73. The van der Waals surface area contributed by atoms with E-state index in [9.17, 15) is 48.3 Å². The second-order valence-corrected chi connectivity index (χ2v) is 11.4. The number of carbonyl (C=O) groups is 1. The highest BCUT2D eigenvalue weighted by Gasteiger charge is 2.60. The van der Waals surface area contributed by atoms with Crippen LogP contribution in [-0.2, 0) is 21.4 Å². The van der Waals surface area contributed by atoms with Crippen LogP contribution in [0, 0.1) is 18.6 Å². The zero-order chi connectivity index (χ0) is 30.5. The van der Waals surface area contributed by atoms with E-state index in [1.165, 1.54) is 18.2 Å². The van der Waals surface area contributed by atoms with Crippen molar-refractivity contribution in [1.29, 1.82) is 0 Å². The molecule has 2 aromatic carbocycles. The van der Waals surface area contributed by atoms with E-state index >= 15 is 0 Å². The molecule has 1 saturated carbocycles. The number of nitrogens with one attached hydrogen (secondary N) is 1. The Morgan fingerprint density at radius 3 is 2.20 bits per heavy atom. The minimum Gasteiger partial charge on any atom is -0.434 e. The smallest absolute Gasteiger partial charge is 0.434 e.